The van der Waals surface area contributed by atoms with Gasteiger partial charge in [-0.3, -0.25) is 0 Å². The molecule has 0 spiro atoms. The lowest BCUT2D eigenvalue weighted by Gasteiger charge is -2.12. The summed E-state index contributed by atoms with van der Waals surface area (Å²) in [4.78, 5) is 4.36. The van der Waals surface area contributed by atoms with Crippen LogP contribution in [-0.4, -0.2) is 18.1 Å². The molecule has 0 fully saturated rings. The van der Waals surface area contributed by atoms with Crippen molar-refractivity contribution in [2.75, 3.05) is 18.4 Å². The highest BCUT2D eigenvalue weighted by Gasteiger charge is 2.02. The van der Waals surface area contributed by atoms with Crippen LogP contribution in [0.5, 0.6) is 0 Å². The number of hydrogen-bond acceptors (Lipinski definition) is 3. The normalized spacial score (nSPS) is 10.8. The topological polar surface area (TPSA) is 37.0 Å². The Bertz CT molecular complexity index is 297. The van der Waals surface area contributed by atoms with Gasteiger partial charge in [-0.25, -0.2) is 4.98 Å². The predicted octanol–water partition coefficient (Wildman–Crippen LogP) is 2.65. The largest absolute Gasteiger partial charge is 0.370 e. The lowest BCUT2D eigenvalue weighted by molar-refractivity contribution is 0.552. The molecule has 1 heterocycles. The fourth-order valence-corrected chi connectivity index (χ4v) is 1.48. The Hall–Kier alpha value is -1.09. The van der Waals surface area contributed by atoms with Crippen molar-refractivity contribution in [1.29, 1.82) is 0 Å². The highest BCUT2D eigenvalue weighted by Crippen LogP contribution is 2.10. The molecule has 1 aromatic rings. The summed E-state index contributed by atoms with van der Waals surface area (Å²) < 4.78 is 0. The van der Waals surface area contributed by atoms with Crippen LogP contribution >= 0.6 is 0 Å². The number of pyridine rings is 1. The highest BCUT2D eigenvalue weighted by molar-refractivity contribution is 5.43. The van der Waals surface area contributed by atoms with E-state index in [1.54, 1.807) is 0 Å². The van der Waals surface area contributed by atoms with Crippen molar-refractivity contribution < 1.29 is 0 Å². The van der Waals surface area contributed by atoms with Crippen molar-refractivity contribution in [3.8, 4) is 0 Å². The number of rotatable bonds is 7. The van der Waals surface area contributed by atoms with Gasteiger partial charge in [0.15, 0.2) is 0 Å². The summed E-state index contributed by atoms with van der Waals surface area (Å²) in [5.41, 5.74) is 1.25. The highest BCUT2D eigenvalue weighted by atomic mass is 15.0. The van der Waals surface area contributed by atoms with Crippen LogP contribution in [0, 0.1) is 5.92 Å². The van der Waals surface area contributed by atoms with Crippen molar-refractivity contribution in [1.82, 2.24) is 10.3 Å². The summed E-state index contributed by atoms with van der Waals surface area (Å²) in [5.74, 6) is 1.70. The molecule has 16 heavy (non-hydrogen) atoms. The number of hydrogen-bond donors (Lipinski definition) is 2. The molecule has 0 atom stereocenters. The van der Waals surface area contributed by atoms with Crippen molar-refractivity contribution in [3.05, 3.63) is 23.9 Å². The second-order valence-corrected chi connectivity index (χ2v) is 4.46. The molecule has 0 radical (unpaired) electrons. The molecule has 90 valence electrons. The van der Waals surface area contributed by atoms with E-state index in [9.17, 15) is 0 Å². The first-order valence-corrected chi connectivity index (χ1v) is 6.12. The minimum absolute atomic E-state index is 0.684. The Labute approximate surface area is 98.7 Å². The third kappa shape index (κ3) is 4.62. The number of anilines is 1. The molecule has 0 aliphatic rings. The molecular weight excluding hydrogens is 198 g/mol. The second-order valence-electron chi connectivity index (χ2n) is 4.46. The monoisotopic (exact) mass is 221 g/mol. The third-order valence-electron chi connectivity index (χ3n) is 2.30. The van der Waals surface area contributed by atoms with Crippen LogP contribution in [0.3, 0.4) is 0 Å². The molecule has 0 aliphatic carbocycles. The maximum absolute atomic E-state index is 4.36. The Kier molecular flexibility index (Phi) is 5.86. The SMILES string of the molecule is CCCNc1ncccc1CNCC(C)C. The van der Waals surface area contributed by atoms with Crippen LogP contribution < -0.4 is 10.6 Å². The Morgan fingerprint density at radius 1 is 1.38 bits per heavy atom. The molecule has 3 heteroatoms. The average Bonchev–Trinajstić information content (AvgIpc) is 2.27. The van der Waals surface area contributed by atoms with E-state index in [1.165, 1.54) is 5.56 Å². The van der Waals surface area contributed by atoms with Gasteiger partial charge < -0.3 is 10.6 Å². The van der Waals surface area contributed by atoms with E-state index >= 15 is 0 Å². The van der Waals surface area contributed by atoms with Gasteiger partial charge in [0.2, 0.25) is 0 Å². The van der Waals surface area contributed by atoms with E-state index in [4.69, 9.17) is 0 Å². The predicted molar refractivity (Wildman–Crippen MR) is 69.6 cm³/mol. The minimum Gasteiger partial charge on any atom is -0.370 e. The first-order valence-electron chi connectivity index (χ1n) is 6.12. The van der Waals surface area contributed by atoms with Gasteiger partial charge in [-0.05, 0) is 24.9 Å². The molecule has 0 amide bonds. The molecule has 0 aromatic carbocycles. The molecule has 2 N–H and O–H groups in total. The van der Waals surface area contributed by atoms with Gasteiger partial charge in [-0.15, -0.1) is 0 Å². The van der Waals surface area contributed by atoms with Gasteiger partial charge in [0.1, 0.15) is 5.82 Å². The van der Waals surface area contributed by atoms with Crippen molar-refractivity contribution >= 4 is 5.82 Å². The molecule has 0 aliphatic heterocycles. The van der Waals surface area contributed by atoms with Gasteiger partial charge in [0.05, 0.1) is 0 Å². The molecule has 0 saturated carbocycles. The first-order chi connectivity index (χ1) is 7.74. The summed E-state index contributed by atoms with van der Waals surface area (Å²) >= 11 is 0. The van der Waals surface area contributed by atoms with Crippen LogP contribution in [-0.2, 0) is 6.54 Å². The zero-order chi connectivity index (χ0) is 11.8. The van der Waals surface area contributed by atoms with Gasteiger partial charge in [0.25, 0.3) is 0 Å². The minimum atomic E-state index is 0.684. The van der Waals surface area contributed by atoms with E-state index in [2.05, 4.69) is 42.5 Å². The summed E-state index contributed by atoms with van der Waals surface area (Å²) in [6.45, 7) is 9.50. The average molecular weight is 221 g/mol. The van der Waals surface area contributed by atoms with Gasteiger partial charge in [0, 0.05) is 24.8 Å². The van der Waals surface area contributed by atoms with Crippen molar-refractivity contribution in [2.45, 2.75) is 33.7 Å². The van der Waals surface area contributed by atoms with E-state index < -0.39 is 0 Å². The smallest absolute Gasteiger partial charge is 0.130 e. The number of nitrogens with one attached hydrogen (secondary N) is 2. The molecule has 3 nitrogen and oxygen atoms in total. The van der Waals surface area contributed by atoms with E-state index in [1.807, 2.05) is 12.3 Å². The van der Waals surface area contributed by atoms with E-state index in [-0.39, 0.29) is 0 Å². The molecule has 0 saturated heterocycles. The van der Waals surface area contributed by atoms with Gasteiger partial charge in [-0.2, -0.15) is 0 Å². The van der Waals surface area contributed by atoms with Crippen LogP contribution in [0.1, 0.15) is 32.8 Å². The van der Waals surface area contributed by atoms with E-state index in [0.29, 0.717) is 5.92 Å². The summed E-state index contributed by atoms with van der Waals surface area (Å²) in [7, 11) is 0. The zero-order valence-electron chi connectivity index (χ0n) is 10.6. The number of nitrogens with zero attached hydrogens (tertiary/aromatic N) is 1. The number of aromatic nitrogens is 1. The second kappa shape index (κ2) is 7.23. The van der Waals surface area contributed by atoms with E-state index in [0.717, 1.165) is 31.9 Å². The van der Waals surface area contributed by atoms with Crippen LogP contribution in [0.4, 0.5) is 5.82 Å². The Morgan fingerprint density at radius 2 is 2.19 bits per heavy atom. The third-order valence-corrected chi connectivity index (χ3v) is 2.30. The zero-order valence-corrected chi connectivity index (χ0v) is 10.6. The molecule has 0 bridgehead atoms. The van der Waals surface area contributed by atoms with Gasteiger partial charge in [-0.1, -0.05) is 26.8 Å². The maximum Gasteiger partial charge on any atom is 0.130 e. The van der Waals surface area contributed by atoms with Gasteiger partial charge >= 0.3 is 0 Å². The molecule has 1 rings (SSSR count). The Morgan fingerprint density at radius 3 is 2.88 bits per heavy atom. The quantitative estimate of drug-likeness (QED) is 0.743. The summed E-state index contributed by atoms with van der Waals surface area (Å²) in [6, 6.07) is 4.11. The van der Waals surface area contributed by atoms with Crippen molar-refractivity contribution in [3.63, 3.8) is 0 Å². The summed E-state index contributed by atoms with van der Waals surface area (Å²) in [6.07, 6.45) is 2.96. The van der Waals surface area contributed by atoms with Crippen molar-refractivity contribution in [2.24, 2.45) is 5.92 Å². The Balaban J connectivity index is 2.49. The maximum atomic E-state index is 4.36. The first kappa shape index (κ1) is 13.0. The fourth-order valence-electron chi connectivity index (χ4n) is 1.48. The molecular formula is C13H23N3. The van der Waals surface area contributed by atoms with Crippen LogP contribution in [0.2, 0.25) is 0 Å². The van der Waals surface area contributed by atoms with Crippen LogP contribution in [0.15, 0.2) is 18.3 Å². The molecule has 0 unspecified atom stereocenters. The fraction of sp³-hybridized carbons (Fsp3) is 0.615. The molecule has 1 aromatic heterocycles. The van der Waals surface area contributed by atoms with Crippen LogP contribution in [0.25, 0.3) is 0 Å². The standard InChI is InChI=1S/C13H23N3/c1-4-7-15-13-12(6-5-8-16-13)10-14-9-11(2)3/h5-6,8,11,14H,4,7,9-10H2,1-3H3,(H,15,16). The summed E-state index contributed by atoms with van der Waals surface area (Å²) in [5, 5.41) is 6.79. The lowest BCUT2D eigenvalue weighted by Crippen LogP contribution is -2.20. The lowest BCUT2D eigenvalue weighted by atomic mass is 10.2.